The predicted octanol–water partition coefficient (Wildman–Crippen LogP) is 4.67. The van der Waals surface area contributed by atoms with Crippen LogP contribution in [0.15, 0.2) is 65.0 Å². The van der Waals surface area contributed by atoms with E-state index in [-0.39, 0.29) is 53.6 Å². The Balaban J connectivity index is 1.64. The number of esters is 1. The van der Waals surface area contributed by atoms with Crippen molar-refractivity contribution in [3.63, 3.8) is 0 Å². The molecule has 0 saturated carbocycles. The first-order valence-electron chi connectivity index (χ1n) is 11.7. The molecule has 1 aliphatic carbocycles. The monoisotopic (exact) mass is 490 g/mol. The summed E-state index contributed by atoms with van der Waals surface area (Å²) in [5, 5.41) is 15.4. The van der Waals surface area contributed by atoms with Gasteiger partial charge >= 0.3 is 5.97 Å². The minimum Gasteiger partial charge on any atom is -0.457 e. The summed E-state index contributed by atoms with van der Waals surface area (Å²) in [7, 11) is 0. The van der Waals surface area contributed by atoms with Crippen LogP contribution in [0.1, 0.15) is 50.7 Å². The van der Waals surface area contributed by atoms with Gasteiger partial charge in [0.2, 0.25) is 6.79 Å². The summed E-state index contributed by atoms with van der Waals surface area (Å²) in [6.45, 7) is 5.68. The number of hydrogen-bond donors (Lipinski definition) is 1. The van der Waals surface area contributed by atoms with E-state index in [1.54, 1.807) is 6.92 Å². The third-order valence-corrected chi connectivity index (χ3v) is 6.70. The first-order valence-corrected chi connectivity index (χ1v) is 11.7. The number of ether oxygens (including phenoxy) is 3. The quantitative estimate of drug-likeness (QED) is 0.365. The lowest BCUT2D eigenvalue weighted by Crippen LogP contribution is -2.38. The molecule has 2 aromatic rings. The fraction of sp³-hybridized carbons (Fsp3) is 0.333. The molecule has 3 aliphatic rings. The molecule has 0 saturated heterocycles. The van der Waals surface area contributed by atoms with Gasteiger partial charge in [0.25, 0.3) is 5.69 Å². The van der Waals surface area contributed by atoms with Gasteiger partial charge in [-0.3, -0.25) is 14.9 Å². The van der Waals surface area contributed by atoms with Gasteiger partial charge in [-0.2, -0.15) is 0 Å². The van der Waals surface area contributed by atoms with Crippen molar-refractivity contribution >= 4 is 17.4 Å². The molecular formula is C27H26N2O7. The lowest BCUT2D eigenvalue weighted by Gasteiger charge is -2.39. The van der Waals surface area contributed by atoms with Crippen LogP contribution < -0.4 is 14.8 Å². The van der Waals surface area contributed by atoms with Crippen molar-refractivity contribution in [1.82, 2.24) is 5.32 Å². The Morgan fingerprint density at radius 3 is 2.56 bits per heavy atom. The number of fused-ring (bicyclic) bond motifs is 1. The molecule has 1 atom stereocenters. The number of allylic oxidation sites excluding steroid dienone is 3. The normalized spacial score (nSPS) is 20.1. The summed E-state index contributed by atoms with van der Waals surface area (Å²) in [5.74, 6) is -1.22. The van der Waals surface area contributed by atoms with E-state index in [0.717, 1.165) is 5.56 Å². The van der Waals surface area contributed by atoms with Crippen molar-refractivity contribution in [1.29, 1.82) is 0 Å². The molecule has 0 amide bonds. The van der Waals surface area contributed by atoms with Crippen LogP contribution in [0.4, 0.5) is 5.69 Å². The van der Waals surface area contributed by atoms with Crippen molar-refractivity contribution in [3.8, 4) is 11.5 Å². The Kier molecular flexibility index (Phi) is 5.78. The maximum absolute atomic E-state index is 13.5. The summed E-state index contributed by atoms with van der Waals surface area (Å²) in [6.07, 6.45) is 0.820. The summed E-state index contributed by atoms with van der Waals surface area (Å²) in [5.41, 5.74) is 2.13. The van der Waals surface area contributed by atoms with Gasteiger partial charge in [-0.15, -0.1) is 0 Å². The molecule has 0 fully saturated rings. The summed E-state index contributed by atoms with van der Waals surface area (Å²) in [4.78, 5) is 38.6. The molecule has 0 aromatic heterocycles. The van der Waals surface area contributed by atoms with E-state index in [9.17, 15) is 19.7 Å². The molecule has 1 N–H and O–H groups in total. The molecule has 9 heteroatoms. The Morgan fingerprint density at radius 1 is 1.17 bits per heavy atom. The predicted molar refractivity (Wildman–Crippen MR) is 129 cm³/mol. The number of carbonyl (C=O) groups is 2. The number of dihydropyridines is 1. The number of rotatable bonds is 5. The van der Waals surface area contributed by atoms with E-state index in [4.69, 9.17) is 14.2 Å². The van der Waals surface area contributed by atoms with E-state index in [1.807, 2.05) is 44.2 Å². The summed E-state index contributed by atoms with van der Waals surface area (Å²) in [6, 6.07) is 12.0. The molecule has 0 bridgehead atoms. The lowest BCUT2D eigenvalue weighted by atomic mass is 9.68. The molecule has 2 aliphatic heterocycles. The number of nitro groups is 1. The van der Waals surface area contributed by atoms with Gasteiger partial charge in [0.1, 0.15) is 6.61 Å². The van der Waals surface area contributed by atoms with Crippen LogP contribution in [0.25, 0.3) is 0 Å². The molecular weight excluding hydrogens is 464 g/mol. The van der Waals surface area contributed by atoms with E-state index in [2.05, 4.69) is 5.32 Å². The van der Waals surface area contributed by atoms with Crippen LogP contribution >= 0.6 is 0 Å². The number of carbonyl (C=O) groups excluding carboxylic acids is 2. The van der Waals surface area contributed by atoms with Crippen LogP contribution in [-0.2, 0) is 20.9 Å². The number of ketones is 1. The smallest absolute Gasteiger partial charge is 0.337 e. The average molecular weight is 491 g/mol. The number of nitrogens with zero attached hydrogens (tertiary/aromatic N) is 1. The maximum atomic E-state index is 13.5. The standard InChI is InChI=1S/C27H26N2O7/c1-15-23(26(31)34-13-16-7-5-4-6-8-16)24(25-18(28-15)11-27(2,3)12-20(25)30)17-9-21-22(36-14-35-21)10-19(17)29(32)33/h4-10,24,28H,11-14H2,1-3H3/t24-/m1/s1. The Labute approximate surface area is 207 Å². The van der Waals surface area contributed by atoms with E-state index < -0.39 is 16.8 Å². The van der Waals surface area contributed by atoms with Crippen molar-refractivity contribution in [2.75, 3.05) is 6.79 Å². The molecule has 0 unspecified atom stereocenters. The highest BCUT2D eigenvalue weighted by Gasteiger charge is 2.45. The highest BCUT2D eigenvalue weighted by Crippen LogP contribution is 2.51. The zero-order chi connectivity index (χ0) is 25.6. The Hall–Kier alpha value is -4.14. The average Bonchev–Trinajstić information content (AvgIpc) is 3.28. The minimum atomic E-state index is -0.983. The van der Waals surface area contributed by atoms with Crippen molar-refractivity contribution in [2.24, 2.45) is 5.41 Å². The van der Waals surface area contributed by atoms with Gasteiger partial charge in [0, 0.05) is 29.0 Å². The van der Waals surface area contributed by atoms with Gasteiger partial charge in [0.05, 0.1) is 22.5 Å². The molecule has 9 nitrogen and oxygen atoms in total. The fourth-order valence-electron chi connectivity index (χ4n) is 5.15. The molecule has 186 valence electrons. The van der Waals surface area contributed by atoms with Gasteiger partial charge < -0.3 is 19.5 Å². The lowest BCUT2D eigenvalue weighted by molar-refractivity contribution is -0.385. The van der Waals surface area contributed by atoms with Crippen molar-refractivity contribution in [2.45, 2.75) is 46.1 Å². The Bertz CT molecular complexity index is 1340. The number of hydrogen-bond acceptors (Lipinski definition) is 8. The van der Waals surface area contributed by atoms with E-state index >= 15 is 0 Å². The highest BCUT2D eigenvalue weighted by atomic mass is 16.7. The summed E-state index contributed by atoms with van der Waals surface area (Å²) >= 11 is 0. The van der Waals surface area contributed by atoms with Gasteiger partial charge in [0.15, 0.2) is 17.3 Å². The fourth-order valence-corrected chi connectivity index (χ4v) is 5.15. The first kappa shape index (κ1) is 23.6. The van der Waals surface area contributed by atoms with Crippen LogP contribution in [-0.4, -0.2) is 23.5 Å². The van der Waals surface area contributed by atoms with Gasteiger partial charge in [-0.25, -0.2) is 4.79 Å². The largest absolute Gasteiger partial charge is 0.457 e. The zero-order valence-electron chi connectivity index (χ0n) is 20.3. The van der Waals surface area contributed by atoms with Crippen LogP contribution in [0.3, 0.4) is 0 Å². The third-order valence-electron chi connectivity index (χ3n) is 6.70. The van der Waals surface area contributed by atoms with Crippen LogP contribution in [0, 0.1) is 15.5 Å². The summed E-state index contributed by atoms with van der Waals surface area (Å²) < 4.78 is 16.5. The highest BCUT2D eigenvalue weighted by molar-refractivity contribution is 6.04. The Morgan fingerprint density at radius 2 is 1.86 bits per heavy atom. The van der Waals surface area contributed by atoms with Gasteiger partial charge in [-0.1, -0.05) is 44.2 Å². The van der Waals surface area contributed by atoms with Crippen LogP contribution in [0.2, 0.25) is 0 Å². The van der Waals surface area contributed by atoms with Crippen molar-refractivity contribution in [3.05, 3.63) is 86.2 Å². The number of Topliss-reactive ketones (excluding diaryl/α,β-unsaturated/α-hetero) is 1. The molecule has 5 rings (SSSR count). The second kappa shape index (κ2) is 8.82. The maximum Gasteiger partial charge on any atom is 0.337 e. The number of benzene rings is 2. The second-order valence-electron chi connectivity index (χ2n) is 10.0. The van der Waals surface area contributed by atoms with Crippen LogP contribution in [0.5, 0.6) is 11.5 Å². The minimum absolute atomic E-state index is 0.0271. The molecule has 0 radical (unpaired) electrons. The zero-order valence-corrected chi connectivity index (χ0v) is 20.3. The van der Waals surface area contributed by atoms with E-state index in [0.29, 0.717) is 29.1 Å². The van der Waals surface area contributed by atoms with Gasteiger partial charge in [-0.05, 0) is 30.4 Å². The van der Waals surface area contributed by atoms with E-state index in [1.165, 1.54) is 12.1 Å². The number of nitrogens with one attached hydrogen (secondary N) is 1. The van der Waals surface area contributed by atoms with Crippen molar-refractivity contribution < 1.29 is 28.7 Å². The SMILES string of the molecule is CC1=C(C(=O)OCc2ccccc2)[C@@H](c2cc3c(cc2[N+](=O)[O-])OCO3)C2=C(CC(C)(C)CC2=O)N1. The first-order chi connectivity index (χ1) is 17.1. The molecule has 2 heterocycles. The molecule has 36 heavy (non-hydrogen) atoms. The molecule has 2 aromatic carbocycles. The third kappa shape index (κ3) is 4.21. The number of nitro benzene ring substituents is 1. The second-order valence-corrected chi connectivity index (χ2v) is 10.0. The molecule has 0 spiro atoms. The topological polar surface area (TPSA) is 117 Å².